The highest BCUT2D eigenvalue weighted by molar-refractivity contribution is 6.83. The second-order valence-electron chi connectivity index (χ2n) is 3.20. The molecule has 0 aromatic rings. The van der Waals surface area contributed by atoms with Crippen LogP contribution < -0.4 is 0 Å². The highest BCUT2D eigenvalue weighted by Crippen LogP contribution is 2.14. The Hall–Kier alpha value is -0.303. The van der Waals surface area contributed by atoms with Gasteiger partial charge in [0.2, 0.25) is 0 Å². The van der Waals surface area contributed by atoms with E-state index in [1.807, 2.05) is 6.08 Å². The van der Waals surface area contributed by atoms with Crippen LogP contribution in [0.15, 0.2) is 23.9 Å². The van der Waals surface area contributed by atoms with Gasteiger partial charge in [-0.2, -0.15) is 0 Å². The van der Waals surface area contributed by atoms with E-state index >= 15 is 0 Å². The van der Waals surface area contributed by atoms with E-state index < -0.39 is 8.07 Å². The van der Waals surface area contributed by atoms with Crippen LogP contribution in [0.25, 0.3) is 0 Å². The van der Waals surface area contributed by atoms with E-state index in [2.05, 4.69) is 39.2 Å². The van der Waals surface area contributed by atoms with Crippen LogP contribution in [-0.4, -0.2) is 8.07 Å². The van der Waals surface area contributed by atoms with Crippen molar-refractivity contribution in [1.29, 1.82) is 0 Å². The minimum absolute atomic E-state index is 1.04. The molecular weight excluding hydrogens is 124 g/mol. The van der Waals surface area contributed by atoms with E-state index in [0.717, 1.165) is 0 Å². The molecule has 0 N–H and O–H groups in total. The van der Waals surface area contributed by atoms with Gasteiger partial charge in [-0.25, -0.2) is 0 Å². The molecule has 0 aliphatic rings. The van der Waals surface area contributed by atoms with Crippen LogP contribution >= 0.6 is 0 Å². The lowest BCUT2D eigenvalue weighted by atomic mass is 10.5. The fourth-order valence-corrected chi connectivity index (χ4v) is 2.34. The Kier molecular flexibility index (Phi) is 2.92. The molecule has 0 amide bonds. The van der Waals surface area contributed by atoms with Crippen molar-refractivity contribution in [3.05, 3.63) is 23.9 Å². The maximum Gasteiger partial charge on any atom is 0.0771 e. The smallest absolute Gasteiger partial charge is 0.0771 e. The summed E-state index contributed by atoms with van der Waals surface area (Å²) in [6, 6.07) is 0. The summed E-state index contributed by atoms with van der Waals surface area (Å²) < 4.78 is 0. The third kappa shape index (κ3) is 2.66. The van der Waals surface area contributed by atoms with Crippen molar-refractivity contribution in [1.82, 2.24) is 0 Å². The first kappa shape index (κ1) is 8.70. The largest absolute Gasteiger partial charge is 0.0992 e. The standard InChI is InChI=1S/C8H16Si/c1-6-8(7-2)9(3,4)5/h6-7H,1H2,2-5H3. The molecule has 0 heterocycles. The maximum absolute atomic E-state index is 3.76. The van der Waals surface area contributed by atoms with E-state index in [-0.39, 0.29) is 0 Å². The van der Waals surface area contributed by atoms with Crippen LogP contribution in [0.2, 0.25) is 19.6 Å². The molecule has 9 heavy (non-hydrogen) atoms. The third-order valence-corrected chi connectivity index (χ3v) is 3.62. The van der Waals surface area contributed by atoms with Gasteiger partial charge in [-0.1, -0.05) is 43.6 Å². The van der Waals surface area contributed by atoms with Gasteiger partial charge in [0, 0.05) is 0 Å². The van der Waals surface area contributed by atoms with Gasteiger partial charge < -0.3 is 0 Å². The first-order valence-corrected chi connectivity index (χ1v) is 6.81. The van der Waals surface area contributed by atoms with Crippen molar-refractivity contribution in [2.75, 3.05) is 0 Å². The van der Waals surface area contributed by atoms with Crippen LogP contribution in [-0.2, 0) is 0 Å². The number of hydrogen-bond donors (Lipinski definition) is 0. The first-order valence-electron chi connectivity index (χ1n) is 3.31. The molecule has 0 radical (unpaired) electrons. The summed E-state index contributed by atoms with van der Waals surface area (Å²) in [4.78, 5) is 0. The molecule has 0 bridgehead atoms. The first-order chi connectivity index (χ1) is 4.02. The molecule has 0 saturated carbocycles. The summed E-state index contributed by atoms with van der Waals surface area (Å²) in [5.41, 5.74) is 0. The second-order valence-corrected chi connectivity index (χ2v) is 8.28. The average molecular weight is 140 g/mol. The van der Waals surface area contributed by atoms with Crippen LogP contribution in [0.5, 0.6) is 0 Å². The number of allylic oxidation sites excluding steroid dienone is 3. The van der Waals surface area contributed by atoms with Crippen LogP contribution in [0.1, 0.15) is 6.92 Å². The molecule has 0 unspecified atom stereocenters. The lowest BCUT2D eigenvalue weighted by molar-refractivity contribution is 1.60. The molecule has 0 atom stereocenters. The van der Waals surface area contributed by atoms with E-state index in [4.69, 9.17) is 0 Å². The number of rotatable bonds is 2. The van der Waals surface area contributed by atoms with Crippen molar-refractivity contribution in [2.45, 2.75) is 26.6 Å². The minimum Gasteiger partial charge on any atom is -0.0992 e. The Morgan fingerprint density at radius 3 is 1.78 bits per heavy atom. The topological polar surface area (TPSA) is 0 Å². The highest BCUT2D eigenvalue weighted by Gasteiger charge is 2.14. The van der Waals surface area contributed by atoms with Crippen LogP contribution in [0.4, 0.5) is 0 Å². The molecule has 0 aromatic carbocycles. The van der Waals surface area contributed by atoms with Gasteiger partial charge in [0.15, 0.2) is 0 Å². The fourth-order valence-electron chi connectivity index (χ4n) is 0.857. The SMILES string of the molecule is C=CC(=CC)[Si](C)(C)C. The van der Waals surface area contributed by atoms with E-state index in [1.165, 1.54) is 5.20 Å². The zero-order valence-corrected chi connectivity index (χ0v) is 7.86. The Labute approximate surface area is 59.3 Å². The van der Waals surface area contributed by atoms with Crippen LogP contribution in [0, 0.1) is 0 Å². The Morgan fingerprint density at radius 2 is 1.78 bits per heavy atom. The lowest BCUT2D eigenvalue weighted by Gasteiger charge is -2.16. The molecule has 0 fully saturated rings. The monoisotopic (exact) mass is 140 g/mol. The molecule has 0 nitrogen and oxygen atoms in total. The fraction of sp³-hybridized carbons (Fsp3) is 0.500. The molecule has 0 aliphatic carbocycles. The normalized spacial score (nSPS) is 13.6. The van der Waals surface area contributed by atoms with Gasteiger partial charge >= 0.3 is 0 Å². The summed E-state index contributed by atoms with van der Waals surface area (Å²) >= 11 is 0. The van der Waals surface area contributed by atoms with E-state index in [0.29, 0.717) is 0 Å². The lowest BCUT2D eigenvalue weighted by Crippen LogP contribution is -2.22. The van der Waals surface area contributed by atoms with Gasteiger partial charge in [-0.05, 0) is 6.92 Å². The third-order valence-electron chi connectivity index (χ3n) is 1.40. The van der Waals surface area contributed by atoms with Gasteiger partial charge in [0.25, 0.3) is 0 Å². The zero-order valence-electron chi connectivity index (χ0n) is 6.86. The van der Waals surface area contributed by atoms with E-state index in [9.17, 15) is 0 Å². The molecule has 0 aliphatic heterocycles. The molecule has 1 heteroatoms. The number of hydrogen-bond acceptors (Lipinski definition) is 0. The molecule has 0 saturated heterocycles. The highest BCUT2D eigenvalue weighted by atomic mass is 28.3. The quantitative estimate of drug-likeness (QED) is 0.408. The predicted octanol–water partition coefficient (Wildman–Crippen LogP) is 3.00. The van der Waals surface area contributed by atoms with Gasteiger partial charge in [0.05, 0.1) is 8.07 Å². The molecule has 0 spiro atoms. The Morgan fingerprint density at radius 1 is 1.33 bits per heavy atom. The van der Waals surface area contributed by atoms with Gasteiger partial charge in [0.1, 0.15) is 0 Å². The van der Waals surface area contributed by atoms with E-state index in [1.54, 1.807) is 0 Å². The summed E-state index contributed by atoms with van der Waals surface area (Å²) in [7, 11) is -1.04. The Bertz CT molecular complexity index is 126. The van der Waals surface area contributed by atoms with Crippen molar-refractivity contribution in [2.24, 2.45) is 0 Å². The van der Waals surface area contributed by atoms with Crippen molar-refractivity contribution < 1.29 is 0 Å². The summed E-state index contributed by atoms with van der Waals surface area (Å²) in [6.45, 7) is 12.8. The minimum atomic E-state index is -1.04. The van der Waals surface area contributed by atoms with Crippen LogP contribution in [0.3, 0.4) is 0 Å². The molecule has 0 aromatic heterocycles. The molecule has 0 rings (SSSR count). The summed E-state index contributed by atoms with van der Waals surface area (Å²) in [6.07, 6.45) is 4.14. The average Bonchev–Trinajstić information content (AvgIpc) is 1.65. The zero-order chi connectivity index (χ0) is 7.49. The summed E-state index contributed by atoms with van der Waals surface area (Å²) in [5.74, 6) is 0. The van der Waals surface area contributed by atoms with Gasteiger partial charge in [-0.3, -0.25) is 0 Å². The molecular formula is C8H16Si. The summed E-state index contributed by atoms with van der Waals surface area (Å²) in [5, 5.41) is 1.45. The maximum atomic E-state index is 3.76. The molecule has 52 valence electrons. The van der Waals surface area contributed by atoms with Crippen molar-refractivity contribution in [3.63, 3.8) is 0 Å². The second kappa shape index (κ2) is 3.02. The van der Waals surface area contributed by atoms with Crippen molar-refractivity contribution in [3.8, 4) is 0 Å². The van der Waals surface area contributed by atoms with Crippen molar-refractivity contribution >= 4 is 8.07 Å². The van der Waals surface area contributed by atoms with Gasteiger partial charge in [-0.15, -0.1) is 0 Å². The Balaban J connectivity index is 4.32. The predicted molar refractivity (Wildman–Crippen MR) is 47.3 cm³/mol.